The Labute approximate surface area is 143 Å². The van der Waals surface area contributed by atoms with Crippen LogP contribution < -0.4 is 103 Å². The Balaban J connectivity index is -0.0000000450. The molecule has 1 atom stereocenters. The summed E-state index contributed by atoms with van der Waals surface area (Å²) in [4.78, 5) is 9.64. The molecule has 0 radical (unpaired) electrons. The van der Waals surface area contributed by atoms with Gasteiger partial charge in [0.2, 0.25) is 0 Å². The first-order chi connectivity index (χ1) is 2.80. The molecule has 50 valence electrons. The molecule has 0 spiro atoms. The molecular weight excluding hydrogens is 194 g/mol. The molecule has 1 rings (SSSR count). The van der Waals surface area contributed by atoms with Gasteiger partial charge in [-0.2, -0.15) is 0 Å². The molecule has 1 fully saturated rings. The van der Waals surface area contributed by atoms with E-state index in [4.69, 9.17) is 5.11 Å². The van der Waals surface area contributed by atoms with Crippen molar-refractivity contribution in [3.05, 3.63) is 0 Å². The summed E-state index contributed by atoms with van der Waals surface area (Å²) >= 11 is 0. The minimum Gasteiger partial charge on any atom is -0.870 e. The molecule has 1 aliphatic heterocycles. The van der Waals surface area contributed by atoms with Gasteiger partial charge in [0.15, 0.2) is 6.10 Å². The summed E-state index contributed by atoms with van der Waals surface area (Å²) in [5, 5.41) is 7.93. The summed E-state index contributed by atoms with van der Waals surface area (Å²) in [6.45, 7) is 0.398. The smallest absolute Gasteiger partial charge is 0.870 e. The van der Waals surface area contributed by atoms with Crippen LogP contribution in [0.25, 0.3) is 0 Å². The van der Waals surface area contributed by atoms with Crippen LogP contribution in [0, 0.1) is 0 Å². The van der Waals surface area contributed by atoms with Gasteiger partial charge in [-0.05, 0) is 0 Å². The molecule has 0 aromatic carbocycles. The van der Waals surface area contributed by atoms with E-state index in [0.29, 0.717) is 6.61 Å². The molecule has 1 heterocycles. The van der Waals surface area contributed by atoms with Crippen LogP contribution >= 0.6 is 0 Å². The van der Waals surface area contributed by atoms with Gasteiger partial charge < -0.3 is 20.8 Å². The van der Waals surface area contributed by atoms with Gasteiger partial charge in [-0.1, -0.05) is 0 Å². The number of epoxide rings is 1. The fourth-order valence-corrected chi connectivity index (χ4v) is 0.191. The van der Waals surface area contributed by atoms with Crippen LogP contribution in [0.15, 0.2) is 0 Å². The van der Waals surface area contributed by atoms with E-state index < -0.39 is 12.1 Å². The fourth-order valence-electron chi connectivity index (χ4n) is 0.191. The molecule has 0 saturated carbocycles. The van der Waals surface area contributed by atoms with E-state index in [-0.39, 0.29) is 114 Å². The Bertz CT molecular complexity index is 83.0. The Morgan fingerprint density at radius 2 is 1.70 bits per heavy atom. The van der Waals surface area contributed by atoms with Crippen LogP contribution in [-0.2, 0) is 9.53 Å². The van der Waals surface area contributed by atoms with Crippen molar-refractivity contribution in [1.29, 1.82) is 0 Å². The number of hydrogen-bond acceptors (Lipinski definition) is 4. The number of hydrogen-bond donors (Lipinski definition) is 1. The molecule has 1 saturated heterocycles. The van der Waals surface area contributed by atoms with Crippen molar-refractivity contribution in [3.63, 3.8) is 0 Å². The third-order valence-corrected chi connectivity index (χ3v) is 0.609. The summed E-state index contributed by atoms with van der Waals surface area (Å²) in [6, 6.07) is 0. The first-order valence-electron chi connectivity index (χ1n) is 1.65. The predicted molar refractivity (Wildman–Crippen MR) is 21.2 cm³/mol. The monoisotopic (exact) mass is 200 g/mol. The summed E-state index contributed by atoms with van der Waals surface area (Å²) in [5.74, 6) is -0.852. The Kier molecular flexibility index (Phi) is 26.7. The molecule has 0 amide bonds. The van der Waals surface area contributed by atoms with Gasteiger partial charge in [-0.3, -0.25) is 0 Å². The maximum atomic E-state index is 9.64. The normalized spacial score (nSPS) is 17.8. The summed E-state index contributed by atoms with van der Waals surface area (Å²) in [5.41, 5.74) is 0. The molecule has 1 unspecified atom stereocenters. The molecule has 0 aromatic rings. The van der Waals surface area contributed by atoms with Gasteiger partial charge in [-0.25, -0.2) is 4.79 Å². The van der Waals surface area contributed by atoms with Crippen LogP contribution in [0.5, 0.6) is 0 Å². The second kappa shape index (κ2) is 11.6. The zero-order valence-electron chi connectivity index (χ0n) is 5.94. The fraction of sp³-hybridized carbons (Fsp3) is 0.667. The van der Waals surface area contributed by atoms with Gasteiger partial charge in [0, 0.05) is 0 Å². The van der Waals surface area contributed by atoms with E-state index >= 15 is 0 Å². The Morgan fingerprint density at radius 1 is 1.40 bits per heavy atom. The molecule has 0 aromatic heterocycles. The van der Waals surface area contributed by atoms with Crippen LogP contribution in [0.4, 0.5) is 0 Å². The number of carbonyl (C=O) groups is 1. The van der Waals surface area contributed by atoms with E-state index in [0.717, 1.165) is 0 Å². The van der Waals surface area contributed by atoms with E-state index in [1.807, 2.05) is 0 Å². The second-order valence-corrected chi connectivity index (χ2v) is 1.16. The van der Waals surface area contributed by atoms with Crippen molar-refractivity contribution in [2.24, 2.45) is 0 Å². The van der Waals surface area contributed by atoms with Crippen molar-refractivity contribution >= 4 is 5.97 Å². The zero-order chi connectivity index (χ0) is 4.57. The minimum atomic E-state index is -0.852. The summed E-state index contributed by atoms with van der Waals surface area (Å²) < 4.78 is 4.37. The number of rotatable bonds is 1. The van der Waals surface area contributed by atoms with Crippen molar-refractivity contribution in [1.82, 2.24) is 0 Å². The number of carboxylic acid groups (broad SMARTS) is 1. The largest absolute Gasteiger partial charge is 1.00 e. The van der Waals surface area contributed by atoms with E-state index in [1.54, 1.807) is 0 Å². The Hall–Kier alpha value is 2.62. The molecule has 0 bridgehead atoms. The topological polar surface area (TPSA) is 110 Å². The number of ether oxygens (including phenoxy) is 1. The van der Waals surface area contributed by atoms with Crippen LogP contribution in [0.2, 0.25) is 0 Å². The first kappa shape index (κ1) is 22.9. The van der Waals surface area contributed by atoms with E-state index in [1.165, 1.54) is 0 Å². The summed E-state index contributed by atoms with van der Waals surface area (Å²) in [6.07, 6.45) is -0.481. The van der Waals surface area contributed by atoms with Gasteiger partial charge in [0.1, 0.15) is 0 Å². The third-order valence-electron chi connectivity index (χ3n) is 0.609. The molecule has 1 aliphatic rings. The molecule has 5 nitrogen and oxygen atoms in total. The molecular formula is C3H6K2O5. The molecule has 3 N–H and O–H groups in total. The maximum Gasteiger partial charge on any atom is 1.00 e. The first-order valence-corrected chi connectivity index (χ1v) is 1.65. The second-order valence-electron chi connectivity index (χ2n) is 1.16. The van der Waals surface area contributed by atoms with Crippen molar-refractivity contribution in [2.75, 3.05) is 6.61 Å². The number of carboxylic acids is 1. The Morgan fingerprint density at radius 3 is 1.70 bits per heavy atom. The van der Waals surface area contributed by atoms with Crippen molar-refractivity contribution < 1.29 is 128 Å². The van der Waals surface area contributed by atoms with Gasteiger partial charge in [-0.15, -0.1) is 0 Å². The van der Waals surface area contributed by atoms with Crippen molar-refractivity contribution in [3.8, 4) is 0 Å². The maximum absolute atomic E-state index is 9.64. The summed E-state index contributed by atoms with van der Waals surface area (Å²) in [7, 11) is 0. The van der Waals surface area contributed by atoms with E-state index in [2.05, 4.69) is 4.74 Å². The average Bonchev–Trinajstić information content (AvgIpc) is 2.06. The van der Waals surface area contributed by atoms with Crippen molar-refractivity contribution in [2.45, 2.75) is 6.10 Å². The van der Waals surface area contributed by atoms with Crippen LogP contribution in [0.3, 0.4) is 0 Å². The predicted octanol–water partition coefficient (Wildman–Crippen LogP) is -6.88. The van der Waals surface area contributed by atoms with Gasteiger partial charge in [0.05, 0.1) is 6.61 Å². The molecule has 10 heavy (non-hydrogen) atoms. The average molecular weight is 200 g/mol. The van der Waals surface area contributed by atoms with Gasteiger partial charge in [0.25, 0.3) is 0 Å². The van der Waals surface area contributed by atoms with Crippen LogP contribution in [0.1, 0.15) is 0 Å². The molecule has 0 aliphatic carbocycles. The standard InChI is InChI=1S/C3H4O3.2K.2H2O/c4-3(5)2-1-6-2;;;;/h2H,1H2,(H,4,5);;;2*1H2/q;2*+1;;/p-2. The number of aliphatic carboxylic acids is 1. The third kappa shape index (κ3) is 10.6. The van der Waals surface area contributed by atoms with E-state index in [9.17, 15) is 4.79 Å². The SMILES string of the molecule is O=C(O)C1CO1.[K+].[K+].[OH-].[OH-]. The molecule has 7 heteroatoms. The van der Waals surface area contributed by atoms with Gasteiger partial charge >= 0.3 is 109 Å². The zero-order valence-corrected chi connectivity index (χ0v) is 12.2. The quantitative estimate of drug-likeness (QED) is 0.334. The van der Waals surface area contributed by atoms with Crippen LogP contribution in [-0.4, -0.2) is 34.7 Å². The minimum absolute atomic E-state index is 0.